The maximum absolute atomic E-state index is 12.3. The third-order valence-electron chi connectivity index (χ3n) is 3.06. The third kappa shape index (κ3) is 3.96. The van der Waals surface area contributed by atoms with E-state index in [9.17, 15) is 9.00 Å². The van der Waals surface area contributed by atoms with E-state index in [1.54, 1.807) is 18.2 Å². The minimum absolute atomic E-state index is 0.0265. The van der Waals surface area contributed by atoms with Gasteiger partial charge >= 0.3 is 0 Å². The van der Waals surface area contributed by atoms with E-state index in [1.807, 2.05) is 6.92 Å². The molecule has 1 aliphatic rings. The predicted octanol–water partition coefficient (Wildman–Crippen LogP) is 2.38. The van der Waals surface area contributed by atoms with Gasteiger partial charge < -0.3 is 10.1 Å². The van der Waals surface area contributed by atoms with Crippen molar-refractivity contribution in [3.05, 3.63) is 28.8 Å². The summed E-state index contributed by atoms with van der Waals surface area (Å²) in [7, 11) is -0.812. The van der Waals surface area contributed by atoms with Gasteiger partial charge in [0.1, 0.15) is 5.75 Å². The lowest BCUT2D eigenvalue weighted by molar-refractivity contribution is 0.0937. The lowest BCUT2D eigenvalue weighted by Crippen LogP contribution is -2.35. The second-order valence-electron chi connectivity index (χ2n) is 4.76. The number of rotatable bonds is 5. The van der Waals surface area contributed by atoms with Gasteiger partial charge in [0.05, 0.1) is 12.2 Å². The van der Waals surface area contributed by atoms with E-state index < -0.39 is 10.8 Å². The number of hydrogen-bond donors (Lipinski definition) is 1. The van der Waals surface area contributed by atoms with Crippen molar-refractivity contribution in [3.8, 4) is 5.75 Å². The number of benzene rings is 1. The summed E-state index contributed by atoms with van der Waals surface area (Å²) in [5, 5.41) is 3.39. The highest BCUT2D eigenvalue weighted by atomic mass is 35.5. The molecule has 0 aromatic heterocycles. The van der Waals surface area contributed by atoms with Crippen molar-refractivity contribution < 1.29 is 13.7 Å². The van der Waals surface area contributed by atoms with Gasteiger partial charge in [0.2, 0.25) is 0 Å². The highest BCUT2D eigenvalue weighted by molar-refractivity contribution is 7.85. The summed E-state index contributed by atoms with van der Waals surface area (Å²) in [6, 6.07) is 4.99. The molecule has 1 N–H and O–H groups in total. The van der Waals surface area contributed by atoms with Crippen LogP contribution in [-0.4, -0.2) is 34.3 Å². The number of nitrogens with one attached hydrogen (secondary N) is 1. The Bertz CT molecular complexity index is 521. The van der Waals surface area contributed by atoms with Gasteiger partial charge in [0, 0.05) is 33.4 Å². The number of ether oxygens (including phenoxy) is 1. The summed E-state index contributed by atoms with van der Waals surface area (Å²) in [6.45, 7) is 2.55. The van der Waals surface area contributed by atoms with Gasteiger partial charge in [-0.2, -0.15) is 0 Å². The maximum atomic E-state index is 12.3. The van der Waals surface area contributed by atoms with Crippen LogP contribution in [0.5, 0.6) is 5.75 Å². The fourth-order valence-electron chi connectivity index (χ4n) is 2.06. The van der Waals surface area contributed by atoms with E-state index in [-0.39, 0.29) is 11.9 Å². The molecular weight excluding hydrogens is 298 g/mol. The standard InChI is InChI=1S/C14H18ClNO3S/c1-2-6-19-13-4-3-10(15)8-12(13)14(17)16-11-5-7-20(18)9-11/h3-4,8,11H,2,5-7,9H2,1H3,(H,16,17)/t11-,20+/m1/s1. The number of amides is 1. The van der Waals surface area contributed by atoms with Gasteiger partial charge in [-0.1, -0.05) is 18.5 Å². The molecule has 110 valence electrons. The normalized spacial score (nSPS) is 21.7. The fourth-order valence-corrected chi connectivity index (χ4v) is 3.64. The molecule has 6 heteroatoms. The zero-order chi connectivity index (χ0) is 14.5. The van der Waals surface area contributed by atoms with Crippen molar-refractivity contribution in [1.29, 1.82) is 0 Å². The largest absolute Gasteiger partial charge is 0.493 e. The van der Waals surface area contributed by atoms with Crippen LogP contribution in [0, 0.1) is 0 Å². The van der Waals surface area contributed by atoms with E-state index >= 15 is 0 Å². The van der Waals surface area contributed by atoms with Gasteiger partial charge in [0.15, 0.2) is 0 Å². The molecule has 1 aliphatic heterocycles. The van der Waals surface area contributed by atoms with Crippen molar-refractivity contribution in [2.75, 3.05) is 18.1 Å². The Balaban J connectivity index is 2.10. The number of hydrogen-bond acceptors (Lipinski definition) is 3. The molecule has 2 rings (SSSR count). The van der Waals surface area contributed by atoms with Crippen molar-refractivity contribution in [1.82, 2.24) is 5.32 Å². The first-order chi connectivity index (χ1) is 9.60. The van der Waals surface area contributed by atoms with E-state index in [2.05, 4.69) is 5.32 Å². The Labute approximate surface area is 126 Å². The zero-order valence-electron chi connectivity index (χ0n) is 11.4. The Kier molecular flexibility index (Phi) is 5.43. The molecule has 0 saturated carbocycles. The second kappa shape index (κ2) is 7.09. The van der Waals surface area contributed by atoms with Crippen LogP contribution >= 0.6 is 11.6 Å². The molecule has 0 bridgehead atoms. The van der Waals surface area contributed by atoms with Crippen LogP contribution in [0.3, 0.4) is 0 Å². The first-order valence-corrected chi connectivity index (χ1v) is 8.55. The zero-order valence-corrected chi connectivity index (χ0v) is 12.9. The van der Waals surface area contributed by atoms with Crippen LogP contribution in [0.15, 0.2) is 18.2 Å². The lowest BCUT2D eigenvalue weighted by Gasteiger charge is -2.14. The van der Waals surface area contributed by atoms with Crippen molar-refractivity contribution in [3.63, 3.8) is 0 Å². The quantitative estimate of drug-likeness (QED) is 0.907. The third-order valence-corrected chi connectivity index (χ3v) is 4.76. The molecule has 1 heterocycles. The smallest absolute Gasteiger partial charge is 0.255 e. The topological polar surface area (TPSA) is 55.4 Å². The van der Waals surface area contributed by atoms with Crippen LogP contribution < -0.4 is 10.1 Å². The summed E-state index contributed by atoms with van der Waals surface area (Å²) in [5.41, 5.74) is 0.434. The molecule has 0 radical (unpaired) electrons. The van der Waals surface area contributed by atoms with E-state index in [0.29, 0.717) is 34.4 Å². The van der Waals surface area contributed by atoms with Crippen LogP contribution in [0.25, 0.3) is 0 Å². The number of carbonyl (C=O) groups excluding carboxylic acids is 1. The predicted molar refractivity (Wildman–Crippen MR) is 81.0 cm³/mol. The Morgan fingerprint density at radius 3 is 3.00 bits per heavy atom. The van der Waals surface area contributed by atoms with E-state index in [1.165, 1.54) is 0 Å². The van der Waals surface area contributed by atoms with Crippen molar-refractivity contribution in [2.45, 2.75) is 25.8 Å². The summed E-state index contributed by atoms with van der Waals surface area (Å²) >= 11 is 5.95. The molecule has 1 aromatic carbocycles. The van der Waals surface area contributed by atoms with Gasteiger partial charge in [-0.3, -0.25) is 9.00 Å². The monoisotopic (exact) mass is 315 g/mol. The average molecular weight is 316 g/mol. The maximum Gasteiger partial charge on any atom is 0.255 e. The molecule has 1 fully saturated rings. The van der Waals surface area contributed by atoms with Crippen LogP contribution in [0.2, 0.25) is 5.02 Å². The molecule has 0 spiro atoms. The molecule has 1 saturated heterocycles. The molecule has 4 nitrogen and oxygen atoms in total. The molecule has 1 aromatic rings. The molecule has 0 aliphatic carbocycles. The molecule has 2 atom stereocenters. The summed E-state index contributed by atoms with van der Waals surface area (Å²) in [6.07, 6.45) is 1.62. The van der Waals surface area contributed by atoms with Crippen LogP contribution in [0.4, 0.5) is 0 Å². The highest BCUT2D eigenvalue weighted by Crippen LogP contribution is 2.23. The first-order valence-electron chi connectivity index (χ1n) is 6.68. The minimum Gasteiger partial charge on any atom is -0.493 e. The highest BCUT2D eigenvalue weighted by Gasteiger charge is 2.24. The molecule has 0 unspecified atom stereocenters. The van der Waals surface area contributed by atoms with E-state index in [4.69, 9.17) is 16.3 Å². The van der Waals surface area contributed by atoms with Gasteiger partial charge in [-0.05, 0) is 31.0 Å². The molecule has 20 heavy (non-hydrogen) atoms. The van der Waals surface area contributed by atoms with E-state index in [0.717, 1.165) is 12.8 Å². The van der Waals surface area contributed by atoms with Gasteiger partial charge in [0.25, 0.3) is 5.91 Å². The summed E-state index contributed by atoms with van der Waals surface area (Å²) < 4.78 is 16.9. The Morgan fingerprint density at radius 2 is 2.35 bits per heavy atom. The Hall–Kier alpha value is -1.07. The van der Waals surface area contributed by atoms with Crippen LogP contribution in [-0.2, 0) is 10.8 Å². The van der Waals surface area contributed by atoms with Gasteiger partial charge in [-0.25, -0.2) is 0 Å². The lowest BCUT2D eigenvalue weighted by atomic mass is 10.1. The number of halogens is 1. The summed E-state index contributed by atoms with van der Waals surface area (Å²) in [5.74, 6) is 1.49. The SMILES string of the molecule is CCCOc1ccc(Cl)cc1C(=O)N[C@@H]1CC[S@](=O)C1. The second-order valence-corrected chi connectivity index (χ2v) is 6.82. The van der Waals surface area contributed by atoms with Crippen molar-refractivity contribution >= 4 is 28.3 Å². The summed E-state index contributed by atoms with van der Waals surface area (Å²) in [4.78, 5) is 12.3. The average Bonchev–Trinajstić information content (AvgIpc) is 2.82. The van der Waals surface area contributed by atoms with Gasteiger partial charge in [-0.15, -0.1) is 0 Å². The first kappa shape index (κ1) is 15.3. The molecule has 1 amide bonds. The molecular formula is C14H18ClNO3S. The minimum atomic E-state index is -0.812. The number of carbonyl (C=O) groups is 1. The Morgan fingerprint density at radius 1 is 1.55 bits per heavy atom. The fraction of sp³-hybridized carbons (Fsp3) is 0.500. The van der Waals surface area contributed by atoms with Crippen LogP contribution in [0.1, 0.15) is 30.1 Å². The van der Waals surface area contributed by atoms with Crippen molar-refractivity contribution in [2.24, 2.45) is 0 Å².